The van der Waals surface area contributed by atoms with Crippen LogP contribution in [0.2, 0.25) is 0 Å². The molecule has 1 heterocycles. The minimum atomic E-state index is -5.34. The summed E-state index contributed by atoms with van der Waals surface area (Å²) in [5.41, 5.74) is -0.238. The molecule has 2 N–H and O–H groups in total. The van der Waals surface area contributed by atoms with E-state index in [0.717, 1.165) is 18.2 Å². The predicted octanol–water partition coefficient (Wildman–Crippen LogP) is 5.19. The summed E-state index contributed by atoms with van der Waals surface area (Å²) in [5.74, 6) is -5.52. The fraction of sp³-hybridized carbons (Fsp3) is 0.200. The molecule has 36 heavy (non-hydrogen) atoms. The van der Waals surface area contributed by atoms with Crippen LogP contribution in [0.4, 0.5) is 17.6 Å². The molecule has 0 aliphatic rings. The zero-order valence-electron chi connectivity index (χ0n) is 19.0. The highest BCUT2D eigenvalue weighted by molar-refractivity contribution is 6.05. The Morgan fingerprint density at radius 1 is 1.03 bits per heavy atom. The Kier molecular flexibility index (Phi) is 8.03. The Bertz CT molecular complexity index is 1290. The van der Waals surface area contributed by atoms with Crippen LogP contribution in [0.25, 0.3) is 28.7 Å². The lowest BCUT2D eigenvalue weighted by Crippen LogP contribution is -2.35. The van der Waals surface area contributed by atoms with E-state index in [9.17, 15) is 31.9 Å². The number of nitrogens with zero attached hydrogens (tertiary/aromatic N) is 2. The van der Waals surface area contributed by atoms with Gasteiger partial charge in [0.2, 0.25) is 0 Å². The van der Waals surface area contributed by atoms with E-state index in [2.05, 4.69) is 10.3 Å². The van der Waals surface area contributed by atoms with Crippen molar-refractivity contribution in [1.29, 1.82) is 0 Å². The van der Waals surface area contributed by atoms with Crippen molar-refractivity contribution in [3.8, 4) is 22.6 Å². The molecule has 2 aromatic carbocycles. The predicted molar refractivity (Wildman–Crippen MR) is 124 cm³/mol. The molecule has 0 radical (unpaired) electrons. The normalized spacial score (nSPS) is 11.6. The number of hydrogen-bond donors (Lipinski definition) is 2. The number of carbonyl (C=O) groups excluding carboxylic acids is 2. The third-order valence-electron chi connectivity index (χ3n) is 5.06. The maximum Gasteiger partial charge on any atom is 0.472 e. The van der Waals surface area contributed by atoms with Gasteiger partial charge in [-0.05, 0) is 42.3 Å². The number of rotatable bonds is 8. The van der Waals surface area contributed by atoms with Crippen molar-refractivity contribution in [2.24, 2.45) is 0 Å². The number of aromatic nitrogens is 2. The molecule has 0 unspecified atom stereocenters. The van der Waals surface area contributed by atoms with Gasteiger partial charge in [0.25, 0.3) is 5.91 Å². The molecule has 0 atom stereocenters. The Hall–Kier alpha value is -4.28. The Balaban J connectivity index is 2.25. The SMILES string of the molecule is CCCCNC(=O)c1c(-c2ccc(F)cc2)nc(-c2ccc(/C=C/C(=O)O)cc2)n1C(=O)C(F)(F)F. The van der Waals surface area contributed by atoms with Crippen LogP contribution in [-0.2, 0) is 4.79 Å². The molecule has 1 aromatic heterocycles. The molecule has 0 bridgehead atoms. The number of carboxylic acids is 1. The van der Waals surface area contributed by atoms with E-state index >= 15 is 0 Å². The van der Waals surface area contributed by atoms with Crippen molar-refractivity contribution >= 4 is 23.9 Å². The monoisotopic (exact) mass is 503 g/mol. The first-order chi connectivity index (χ1) is 17.0. The van der Waals surface area contributed by atoms with Gasteiger partial charge >= 0.3 is 18.1 Å². The number of alkyl halides is 3. The minimum Gasteiger partial charge on any atom is -0.478 e. The van der Waals surface area contributed by atoms with Crippen molar-refractivity contribution in [3.05, 3.63) is 71.7 Å². The van der Waals surface area contributed by atoms with Crippen molar-refractivity contribution in [3.63, 3.8) is 0 Å². The van der Waals surface area contributed by atoms with Crippen LogP contribution < -0.4 is 5.32 Å². The fourth-order valence-corrected chi connectivity index (χ4v) is 3.33. The lowest BCUT2D eigenvalue weighted by molar-refractivity contribution is -0.131. The van der Waals surface area contributed by atoms with Gasteiger partial charge in [0.1, 0.15) is 23.0 Å². The molecular formula is C25H21F4N3O4. The van der Waals surface area contributed by atoms with E-state index in [1.807, 2.05) is 6.92 Å². The molecule has 0 spiro atoms. The first kappa shape index (κ1) is 26.3. The van der Waals surface area contributed by atoms with Crippen molar-refractivity contribution < 1.29 is 37.1 Å². The van der Waals surface area contributed by atoms with Gasteiger partial charge in [-0.25, -0.2) is 18.7 Å². The van der Waals surface area contributed by atoms with Crippen LogP contribution >= 0.6 is 0 Å². The molecule has 0 aliphatic heterocycles. The molecule has 1 amide bonds. The molecule has 188 valence electrons. The Morgan fingerprint density at radius 2 is 1.64 bits per heavy atom. The third kappa shape index (κ3) is 6.04. The number of nitrogens with one attached hydrogen (secondary N) is 1. The van der Waals surface area contributed by atoms with Crippen molar-refractivity contribution in [1.82, 2.24) is 14.9 Å². The summed E-state index contributed by atoms with van der Waals surface area (Å²) in [6.45, 7) is 2.02. The number of amides is 1. The highest BCUT2D eigenvalue weighted by Crippen LogP contribution is 2.33. The van der Waals surface area contributed by atoms with Crippen LogP contribution in [0.1, 0.15) is 40.6 Å². The van der Waals surface area contributed by atoms with Gasteiger partial charge in [0, 0.05) is 23.7 Å². The number of benzene rings is 2. The second-order valence-electron chi connectivity index (χ2n) is 7.68. The maximum atomic E-state index is 13.6. The molecule has 11 heteroatoms. The summed E-state index contributed by atoms with van der Waals surface area (Å²) >= 11 is 0. The summed E-state index contributed by atoms with van der Waals surface area (Å²) in [7, 11) is 0. The van der Waals surface area contributed by atoms with Gasteiger partial charge in [-0.15, -0.1) is 0 Å². The number of unbranched alkanes of at least 4 members (excludes halogenated alkanes) is 1. The van der Waals surface area contributed by atoms with Crippen LogP contribution in [0.15, 0.2) is 54.6 Å². The van der Waals surface area contributed by atoms with Crippen molar-refractivity contribution in [2.45, 2.75) is 25.9 Å². The van der Waals surface area contributed by atoms with E-state index in [-0.39, 0.29) is 27.9 Å². The smallest absolute Gasteiger partial charge is 0.472 e. The number of halogens is 4. The zero-order chi connectivity index (χ0) is 26.5. The van der Waals surface area contributed by atoms with Crippen LogP contribution in [0, 0.1) is 5.82 Å². The van der Waals surface area contributed by atoms with Crippen LogP contribution in [-0.4, -0.2) is 45.2 Å². The van der Waals surface area contributed by atoms with E-state index in [1.54, 1.807) is 0 Å². The highest BCUT2D eigenvalue weighted by atomic mass is 19.4. The number of carbonyl (C=O) groups is 3. The molecule has 0 fully saturated rings. The molecule has 3 aromatic rings. The van der Waals surface area contributed by atoms with Gasteiger partial charge in [0.15, 0.2) is 0 Å². The summed E-state index contributed by atoms with van der Waals surface area (Å²) in [5, 5.41) is 11.3. The lowest BCUT2D eigenvalue weighted by Gasteiger charge is -2.13. The third-order valence-corrected chi connectivity index (χ3v) is 5.06. The van der Waals surface area contributed by atoms with Crippen LogP contribution in [0.5, 0.6) is 0 Å². The number of carboxylic acid groups (broad SMARTS) is 1. The summed E-state index contributed by atoms with van der Waals surface area (Å²) in [6, 6.07) is 10.1. The maximum absolute atomic E-state index is 13.6. The van der Waals surface area contributed by atoms with E-state index < -0.39 is 41.3 Å². The van der Waals surface area contributed by atoms with Gasteiger partial charge in [-0.3, -0.25) is 9.59 Å². The van der Waals surface area contributed by atoms with Gasteiger partial charge in [-0.1, -0.05) is 37.6 Å². The number of imidazole rings is 1. The fourth-order valence-electron chi connectivity index (χ4n) is 3.33. The van der Waals surface area contributed by atoms with E-state index in [0.29, 0.717) is 18.4 Å². The molecule has 7 nitrogen and oxygen atoms in total. The second kappa shape index (κ2) is 11.0. The standard InChI is InChI=1S/C25H21F4N3O4/c1-2-3-14-30-23(35)21-20(16-9-11-18(26)12-10-16)31-22(32(21)24(36)25(27,28)29)17-7-4-15(5-8-17)6-13-19(33)34/h4-13H,2-3,14H2,1H3,(H,30,35)(H,33,34)/b13-6+. The van der Waals surface area contributed by atoms with E-state index in [1.165, 1.54) is 42.5 Å². The first-order valence-electron chi connectivity index (χ1n) is 10.8. The largest absolute Gasteiger partial charge is 0.478 e. The summed E-state index contributed by atoms with van der Waals surface area (Å²) in [6.07, 6.45) is -1.92. The Morgan fingerprint density at radius 3 is 2.19 bits per heavy atom. The second-order valence-corrected chi connectivity index (χ2v) is 7.68. The van der Waals surface area contributed by atoms with Gasteiger partial charge < -0.3 is 10.4 Å². The van der Waals surface area contributed by atoms with Crippen LogP contribution in [0.3, 0.4) is 0 Å². The number of aliphatic carboxylic acids is 1. The first-order valence-corrected chi connectivity index (χ1v) is 10.8. The average molecular weight is 503 g/mol. The summed E-state index contributed by atoms with van der Waals surface area (Å²) in [4.78, 5) is 40.5. The topological polar surface area (TPSA) is 101 Å². The average Bonchev–Trinajstić information content (AvgIpc) is 3.23. The molecule has 0 saturated carbocycles. The van der Waals surface area contributed by atoms with Gasteiger partial charge in [0.05, 0.1) is 0 Å². The highest BCUT2D eigenvalue weighted by Gasteiger charge is 2.44. The minimum absolute atomic E-state index is 0.0658. The molecule has 3 rings (SSSR count). The number of hydrogen-bond acceptors (Lipinski definition) is 4. The summed E-state index contributed by atoms with van der Waals surface area (Å²) < 4.78 is 54.6. The van der Waals surface area contributed by atoms with E-state index in [4.69, 9.17) is 5.11 Å². The quantitative estimate of drug-likeness (QED) is 0.250. The zero-order valence-corrected chi connectivity index (χ0v) is 19.0. The van der Waals surface area contributed by atoms with Gasteiger partial charge in [-0.2, -0.15) is 13.2 Å². The Labute approximate surface area is 203 Å². The lowest BCUT2D eigenvalue weighted by atomic mass is 10.1. The van der Waals surface area contributed by atoms with Crippen molar-refractivity contribution in [2.75, 3.05) is 6.54 Å². The molecular weight excluding hydrogens is 482 g/mol. The molecule has 0 saturated heterocycles. The molecule has 0 aliphatic carbocycles.